The Labute approximate surface area is 61.4 Å². The normalized spacial score (nSPS) is 9.64. The van der Waals surface area contributed by atoms with Crippen LogP contribution in [0.3, 0.4) is 0 Å². The van der Waals surface area contributed by atoms with Crippen LogP contribution in [0.2, 0.25) is 0 Å². The van der Waals surface area contributed by atoms with Crippen LogP contribution in [0.25, 0.3) is 0 Å². The molecule has 0 unspecified atom stereocenters. The predicted octanol–water partition coefficient (Wildman–Crippen LogP) is 0.644. The van der Waals surface area contributed by atoms with Gasteiger partial charge in [0.15, 0.2) is 11.6 Å². The zero-order valence-electron chi connectivity index (χ0n) is 5.44. The van der Waals surface area contributed by atoms with E-state index in [2.05, 4.69) is 4.98 Å². The fourth-order valence-corrected chi connectivity index (χ4v) is 0.669. The van der Waals surface area contributed by atoms with Crippen molar-refractivity contribution < 1.29 is 8.78 Å². The van der Waals surface area contributed by atoms with Gasteiger partial charge in [0.25, 0.3) is 0 Å². The van der Waals surface area contributed by atoms with E-state index in [9.17, 15) is 8.78 Å². The molecule has 3 nitrogen and oxygen atoms in total. The maximum absolute atomic E-state index is 12.6. The van der Waals surface area contributed by atoms with Gasteiger partial charge in [-0.15, -0.1) is 0 Å². The van der Waals surface area contributed by atoms with E-state index in [1.807, 2.05) is 0 Å². The Morgan fingerprint density at radius 1 is 1.36 bits per heavy atom. The number of nitrogen functional groups attached to an aromatic ring is 1. The highest BCUT2D eigenvalue weighted by Gasteiger charge is 2.10. The summed E-state index contributed by atoms with van der Waals surface area (Å²) in [7, 11) is 0. The standard InChI is InChI=1S/C6H5F2N3/c7-3-1-11-2-4(8)5(3)6(9)10/h1-2H,(H3,9,10). The van der Waals surface area contributed by atoms with Gasteiger partial charge in [-0.25, -0.2) is 8.78 Å². The van der Waals surface area contributed by atoms with Crippen LogP contribution >= 0.6 is 0 Å². The van der Waals surface area contributed by atoms with Crippen molar-refractivity contribution in [3.63, 3.8) is 0 Å². The van der Waals surface area contributed by atoms with Gasteiger partial charge >= 0.3 is 0 Å². The zero-order valence-corrected chi connectivity index (χ0v) is 5.44. The number of nitrogens with one attached hydrogen (secondary N) is 1. The number of nitrogens with zero attached hydrogens (tertiary/aromatic N) is 1. The van der Waals surface area contributed by atoms with Crippen molar-refractivity contribution in [1.29, 1.82) is 5.41 Å². The molecule has 0 amide bonds. The molecule has 11 heavy (non-hydrogen) atoms. The predicted molar refractivity (Wildman–Crippen MR) is 35.2 cm³/mol. The second-order valence-electron chi connectivity index (χ2n) is 1.89. The molecule has 1 heterocycles. The average Bonchev–Trinajstić information content (AvgIpc) is 1.85. The van der Waals surface area contributed by atoms with E-state index >= 15 is 0 Å². The molecule has 0 aliphatic carbocycles. The molecule has 0 spiro atoms. The highest BCUT2D eigenvalue weighted by atomic mass is 19.1. The molecule has 0 aliphatic rings. The van der Waals surface area contributed by atoms with Crippen LogP contribution in [0.5, 0.6) is 0 Å². The van der Waals surface area contributed by atoms with Gasteiger partial charge < -0.3 is 5.73 Å². The van der Waals surface area contributed by atoms with E-state index in [1.54, 1.807) is 0 Å². The summed E-state index contributed by atoms with van der Waals surface area (Å²) < 4.78 is 25.2. The summed E-state index contributed by atoms with van der Waals surface area (Å²) in [6, 6.07) is 0. The van der Waals surface area contributed by atoms with E-state index in [1.165, 1.54) is 0 Å². The molecule has 0 bridgehead atoms. The fraction of sp³-hybridized carbons (Fsp3) is 0. The van der Waals surface area contributed by atoms with Gasteiger partial charge in [-0.05, 0) is 0 Å². The molecular weight excluding hydrogens is 152 g/mol. The summed E-state index contributed by atoms with van der Waals surface area (Å²) in [5.41, 5.74) is 4.36. The maximum atomic E-state index is 12.6. The minimum atomic E-state index is -0.919. The lowest BCUT2D eigenvalue weighted by atomic mass is 10.2. The van der Waals surface area contributed by atoms with Crippen molar-refractivity contribution in [3.05, 3.63) is 29.6 Å². The van der Waals surface area contributed by atoms with Crippen molar-refractivity contribution in [2.45, 2.75) is 0 Å². The molecule has 58 valence electrons. The van der Waals surface area contributed by atoms with Crippen molar-refractivity contribution in [3.8, 4) is 0 Å². The number of amidine groups is 1. The summed E-state index contributed by atoms with van der Waals surface area (Å²) in [6.07, 6.45) is 1.61. The maximum Gasteiger partial charge on any atom is 0.155 e. The minimum absolute atomic E-state index is 0.528. The van der Waals surface area contributed by atoms with E-state index in [0.717, 1.165) is 12.4 Å². The summed E-state index contributed by atoms with van der Waals surface area (Å²) in [4.78, 5) is 3.22. The van der Waals surface area contributed by atoms with Crippen molar-refractivity contribution in [2.75, 3.05) is 0 Å². The van der Waals surface area contributed by atoms with Crippen LogP contribution in [-0.4, -0.2) is 10.8 Å². The molecule has 0 radical (unpaired) electrons. The Hall–Kier alpha value is -1.52. The first-order valence-electron chi connectivity index (χ1n) is 2.76. The summed E-state index contributed by atoms with van der Waals surface area (Å²) in [5, 5.41) is 6.79. The SMILES string of the molecule is N=C(N)c1c(F)cncc1F. The minimum Gasteiger partial charge on any atom is -0.384 e. The van der Waals surface area contributed by atoms with Gasteiger partial charge in [0.1, 0.15) is 5.84 Å². The molecular formula is C6H5F2N3. The Morgan fingerprint density at radius 3 is 2.09 bits per heavy atom. The van der Waals surface area contributed by atoms with E-state index in [4.69, 9.17) is 11.1 Å². The first-order valence-corrected chi connectivity index (χ1v) is 2.76. The van der Waals surface area contributed by atoms with Crippen molar-refractivity contribution >= 4 is 5.84 Å². The van der Waals surface area contributed by atoms with Gasteiger partial charge in [0.2, 0.25) is 0 Å². The summed E-state index contributed by atoms with van der Waals surface area (Å²) in [5.74, 6) is -2.47. The Balaban J connectivity index is 3.32. The van der Waals surface area contributed by atoms with Gasteiger partial charge in [0, 0.05) is 0 Å². The van der Waals surface area contributed by atoms with Crippen LogP contribution in [0.1, 0.15) is 5.56 Å². The third kappa shape index (κ3) is 1.31. The number of nitrogens with two attached hydrogens (primary N) is 1. The molecule has 0 atom stereocenters. The van der Waals surface area contributed by atoms with Gasteiger partial charge in [-0.1, -0.05) is 0 Å². The summed E-state index contributed by atoms with van der Waals surface area (Å²) in [6.45, 7) is 0. The number of pyridine rings is 1. The number of halogens is 2. The lowest BCUT2D eigenvalue weighted by Crippen LogP contribution is -2.15. The van der Waals surface area contributed by atoms with E-state index in [0.29, 0.717) is 0 Å². The fourth-order valence-electron chi connectivity index (χ4n) is 0.669. The Morgan fingerprint density at radius 2 is 1.82 bits per heavy atom. The number of hydrogen-bond acceptors (Lipinski definition) is 2. The van der Waals surface area contributed by atoms with Gasteiger partial charge in [-0.3, -0.25) is 10.4 Å². The Kier molecular flexibility index (Phi) is 1.80. The van der Waals surface area contributed by atoms with E-state index in [-0.39, 0.29) is 0 Å². The largest absolute Gasteiger partial charge is 0.384 e. The van der Waals surface area contributed by atoms with Gasteiger partial charge in [-0.2, -0.15) is 0 Å². The van der Waals surface area contributed by atoms with Crippen LogP contribution in [-0.2, 0) is 0 Å². The summed E-state index contributed by atoms with van der Waals surface area (Å²) >= 11 is 0. The molecule has 0 fully saturated rings. The quantitative estimate of drug-likeness (QED) is 0.464. The monoisotopic (exact) mass is 157 g/mol. The molecule has 5 heteroatoms. The first kappa shape index (κ1) is 7.59. The molecule has 3 N–H and O–H groups in total. The number of hydrogen-bond donors (Lipinski definition) is 2. The second-order valence-corrected chi connectivity index (χ2v) is 1.89. The molecule has 1 rings (SSSR count). The Bertz CT molecular complexity index is 278. The lowest BCUT2D eigenvalue weighted by molar-refractivity contribution is 0.568. The third-order valence-electron chi connectivity index (χ3n) is 1.12. The first-order chi connectivity index (χ1) is 5.13. The zero-order chi connectivity index (χ0) is 8.43. The second kappa shape index (κ2) is 2.61. The highest BCUT2D eigenvalue weighted by molar-refractivity contribution is 5.95. The van der Waals surface area contributed by atoms with Gasteiger partial charge in [0.05, 0.1) is 18.0 Å². The van der Waals surface area contributed by atoms with Crippen molar-refractivity contribution in [2.24, 2.45) is 5.73 Å². The smallest absolute Gasteiger partial charge is 0.155 e. The number of aromatic nitrogens is 1. The van der Waals surface area contributed by atoms with Crippen molar-refractivity contribution in [1.82, 2.24) is 4.98 Å². The lowest BCUT2D eigenvalue weighted by Gasteiger charge is -1.99. The van der Waals surface area contributed by atoms with Crippen LogP contribution in [0, 0.1) is 17.0 Å². The highest BCUT2D eigenvalue weighted by Crippen LogP contribution is 2.08. The molecule has 0 aliphatic heterocycles. The third-order valence-corrected chi connectivity index (χ3v) is 1.12. The van der Waals surface area contributed by atoms with Crippen LogP contribution in [0.15, 0.2) is 12.4 Å². The molecule has 1 aromatic heterocycles. The van der Waals surface area contributed by atoms with Crippen LogP contribution < -0.4 is 5.73 Å². The van der Waals surface area contributed by atoms with Crippen LogP contribution in [0.4, 0.5) is 8.78 Å². The van der Waals surface area contributed by atoms with E-state index < -0.39 is 23.0 Å². The molecule has 0 saturated carbocycles. The molecule has 1 aromatic rings. The molecule has 0 aromatic carbocycles. The number of rotatable bonds is 1. The average molecular weight is 157 g/mol. The molecule has 0 saturated heterocycles. The topological polar surface area (TPSA) is 62.8 Å².